The number of carboxylic acids is 1. The summed E-state index contributed by atoms with van der Waals surface area (Å²) in [4.78, 5) is 21.8. The molecule has 1 rings (SSSR count). The molecular formula is C9H11ClO4. The highest BCUT2D eigenvalue weighted by Gasteiger charge is 2.49. The van der Waals surface area contributed by atoms with E-state index in [1.807, 2.05) is 0 Å². The lowest BCUT2D eigenvalue weighted by atomic mass is 10.1. The van der Waals surface area contributed by atoms with Crippen molar-refractivity contribution in [2.45, 2.75) is 19.8 Å². The van der Waals surface area contributed by atoms with Crippen molar-refractivity contribution in [3.05, 3.63) is 11.1 Å². The van der Waals surface area contributed by atoms with Crippen molar-refractivity contribution in [2.75, 3.05) is 6.61 Å². The van der Waals surface area contributed by atoms with Gasteiger partial charge in [-0.2, -0.15) is 0 Å². The zero-order chi connectivity index (χ0) is 10.8. The van der Waals surface area contributed by atoms with Crippen molar-refractivity contribution in [3.8, 4) is 0 Å². The third kappa shape index (κ3) is 2.26. The zero-order valence-electron chi connectivity index (χ0n) is 7.75. The Morgan fingerprint density at radius 1 is 1.57 bits per heavy atom. The van der Waals surface area contributed by atoms with E-state index >= 15 is 0 Å². The lowest BCUT2D eigenvalue weighted by molar-refractivity contribution is -0.141. The van der Waals surface area contributed by atoms with Gasteiger partial charge in [-0.15, -0.1) is 0 Å². The molecule has 0 aromatic heterocycles. The van der Waals surface area contributed by atoms with E-state index in [-0.39, 0.29) is 11.6 Å². The van der Waals surface area contributed by atoms with Gasteiger partial charge in [0, 0.05) is 0 Å². The Morgan fingerprint density at radius 2 is 2.14 bits per heavy atom. The van der Waals surface area contributed by atoms with E-state index in [9.17, 15) is 9.59 Å². The molecule has 1 aliphatic carbocycles. The number of aliphatic carboxylic acids is 1. The third-order valence-corrected chi connectivity index (χ3v) is 2.35. The zero-order valence-corrected chi connectivity index (χ0v) is 8.50. The topological polar surface area (TPSA) is 63.6 Å². The second kappa shape index (κ2) is 4.00. The van der Waals surface area contributed by atoms with Crippen molar-refractivity contribution < 1.29 is 19.4 Å². The van der Waals surface area contributed by atoms with Crippen LogP contribution < -0.4 is 0 Å². The molecule has 0 heterocycles. The predicted octanol–water partition coefficient (Wildman–Crippen LogP) is 1.54. The van der Waals surface area contributed by atoms with E-state index in [1.165, 1.54) is 6.08 Å². The van der Waals surface area contributed by atoms with E-state index in [1.54, 1.807) is 6.92 Å². The van der Waals surface area contributed by atoms with Crippen LogP contribution >= 0.6 is 11.6 Å². The fourth-order valence-corrected chi connectivity index (χ4v) is 1.32. The first-order valence-corrected chi connectivity index (χ1v) is 4.68. The van der Waals surface area contributed by atoms with Gasteiger partial charge in [0.15, 0.2) is 0 Å². The smallest absolute Gasteiger partial charge is 0.349 e. The minimum atomic E-state index is -0.944. The average Bonchev–Trinajstić information content (AvgIpc) is 2.86. The standard InChI is InChI=1S/C9H11ClO4/c1-2-14-7(11)6(10)5-9(3-4-9)8(12)13/h5H,2-4H2,1H3,(H,12,13)/b6-5+. The van der Waals surface area contributed by atoms with E-state index < -0.39 is 17.4 Å². The summed E-state index contributed by atoms with van der Waals surface area (Å²) in [6.45, 7) is 1.88. The van der Waals surface area contributed by atoms with Gasteiger partial charge in [0.2, 0.25) is 0 Å². The lowest BCUT2D eigenvalue weighted by Crippen LogP contribution is -2.14. The number of ether oxygens (including phenoxy) is 1. The second-order valence-corrected chi connectivity index (χ2v) is 3.58. The molecule has 0 unspecified atom stereocenters. The van der Waals surface area contributed by atoms with E-state index in [2.05, 4.69) is 4.74 Å². The number of hydrogen-bond donors (Lipinski definition) is 1. The number of carbonyl (C=O) groups is 2. The van der Waals surface area contributed by atoms with Gasteiger partial charge in [0.1, 0.15) is 5.03 Å². The van der Waals surface area contributed by atoms with Gasteiger partial charge in [0.25, 0.3) is 0 Å². The van der Waals surface area contributed by atoms with Crippen LogP contribution in [0.1, 0.15) is 19.8 Å². The summed E-state index contributed by atoms with van der Waals surface area (Å²) in [7, 11) is 0. The summed E-state index contributed by atoms with van der Waals surface area (Å²) < 4.78 is 4.62. The van der Waals surface area contributed by atoms with Gasteiger partial charge in [-0.05, 0) is 25.8 Å². The van der Waals surface area contributed by atoms with Crippen molar-refractivity contribution in [1.82, 2.24) is 0 Å². The molecule has 1 fully saturated rings. The molecule has 0 spiro atoms. The summed E-state index contributed by atoms with van der Waals surface area (Å²) >= 11 is 5.60. The Kier molecular flexibility index (Phi) is 3.16. The molecule has 1 saturated carbocycles. The minimum Gasteiger partial charge on any atom is -0.481 e. The van der Waals surface area contributed by atoms with Gasteiger partial charge in [-0.1, -0.05) is 11.6 Å². The molecule has 4 nitrogen and oxygen atoms in total. The molecular weight excluding hydrogens is 208 g/mol. The number of esters is 1. The molecule has 0 saturated heterocycles. The fourth-order valence-electron chi connectivity index (χ4n) is 1.06. The first-order chi connectivity index (χ1) is 6.52. The van der Waals surface area contributed by atoms with Gasteiger partial charge in [0.05, 0.1) is 12.0 Å². The van der Waals surface area contributed by atoms with Gasteiger partial charge in [-0.3, -0.25) is 4.79 Å². The Morgan fingerprint density at radius 3 is 2.50 bits per heavy atom. The van der Waals surface area contributed by atoms with Crippen molar-refractivity contribution in [3.63, 3.8) is 0 Å². The first-order valence-electron chi connectivity index (χ1n) is 4.31. The van der Waals surface area contributed by atoms with Crippen LogP contribution in [0.25, 0.3) is 0 Å². The molecule has 0 radical (unpaired) electrons. The monoisotopic (exact) mass is 218 g/mol. The number of rotatable bonds is 4. The number of halogens is 1. The number of carbonyl (C=O) groups excluding carboxylic acids is 1. The van der Waals surface area contributed by atoms with Crippen LogP contribution in [0.4, 0.5) is 0 Å². The molecule has 0 bridgehead atoms. The summed E-state index contributed by atoms with van der Waals surface area (Å²) in [6, 6.07) is 0. The van der Waals surface area contributed by atoms with E-state index in [0.29, 0.717) is 12.8 Å². The maximum absolute atomic E-state index is 11.1. The van der Waals surface area contributed by atoms with Crippen LogP contribution in [0.2, 0.25) is 0 Å². The molecule has 78 valence electrons. The summed E-state index contributed by atoms with van der Waals surface area (Å²) in [6.07, 6.45) is 2.32. The highest BCUT2D eigenvalue weighted by molar-refractivity contribution is 6.41. The molecule has 0 aliphatic heterocycles. The third-order valence-electron chi connectivity index (χ3n) is 2.09. The Hall–Kier alpha value is -1.03. The van der Waals surface area contributed by atoms with Gasteiger partial charge < -0.3 is 9.84 Å². The predicted molar refractivity (Wildman–Crippen MR) is 49.9 cm³/mol. The van der Waals surface area contributed by atoms with Crippen LogP contribution in [0.5, 0.6) is 0 Å². The largest absolute Gasteiger partial charge is 0.481 e. The Balaban J connectivity index is 2.68. The van der Waals surface area contributed by atoms with Crippen LogP contribution in [0.3, 0.4) is 0 Å². The molecule has 0 aromatic carbocycles. The Labute approximate surface area is 86.5 Å². The highest BCUT2D eigenvalue weighted by atomic mass is 35.5. The number of carboxylic acid groups (broad SMARTS) is 1. The molecule has 0 aromatic rings. The fraction of sp³-hybridized carbons (Fsp3) is 0.556. The average molecular weight is 219 g/mol. The summed E-state index contributed by atoms with van der Waals surface area (Å²) in [5.41, 5.74) is -0.927. The van der Waals surface area contributed by atoms with Crippen molar-refractivity contribution in [2.24, 2.45) is 5.41 Å². The first kappa shape index (κ1) is 11.0. The molecule has 0 amide bonds. The highest BCUT2D eigenvalue weighted by Crippen LogP contribution is 2.48. The molecule has 14 heavy (non-hydrogen) atoms. The summed E-state index contributed by atoms with van der Waals surface area (Å²) in [5.74, 6) is -1.61. The normalized spacial score (nSPS) is 18.9. The van der Waals surface area contributed by atoms with E-state index in [4.69, 9.17) is 16.7 Å². The maximum atomic E-state index is 11.1. The van der Waals surface area contributed by atoms with Gasteiger partial charge in [-0.25, -0.2) is 4.79 Å². The SMILES string of the molecule is CCOC(=O)/C(Cl)=C\C1(C(=O)O)CC1. The van der Waals surface area contributed by atoms with Gasteiger partial charge >= 0.3 is 11.9 Å². The Bertz CT molecular complexity index is 291. The molecule has 1 N–H and O–H groups in total. The molecule has 1 aliphatic rings. The van der Waals surface area contributed by atoms with Crippen LogP contribution in [-0.2, 0) is 14.3 Å². The summed E-state index contributed by atoms with van der Waals surface area (Å²) in [5, 5.41) is 8.66. The lowest BCUT2D eigenvalue weighted by Gasteiger charge is -2.04. The maximum Gasteiger partial charge on any atom is 0.349 e. The molecule has 0 atom stereocenters. The van der Waals surface area contributed by atoms with Crippen LogP contribution in [0, 0.1) is 5.41 Å². The van der Waals surface area contributed by atoms with E-state index in [0.717, 1.165) is 0 Å². The quantitative estimate of drug-likeness (QED) is 0.574. The van der Waals surface area contributed by atoms with Crippen molar-refractivity contribution >= 4 is 23.5 Å². The molecule has 5 heteroatoms. The number of hydrogen-bond acceptors (Lipinski definition) is 3. The van der Waals surface area contributed by atoms with Crippen LogP contribution in [-0.4, -0.2) is 23.7 Å². The van der Waals surface area contributed by atoms with Crippen molar-refractivity contribution in [1.29, 1.82) is 0 Å². The minimum absolute atomic E-state index is 0.147. The van der Waals surface area contributed by atoms with Crippen LogP contribution in [0.15, 0.2) is 11.1 Å². The second-order valence-electron chi connectivity index (χ2n) is 3.17.